The summed E-state index contributed by atoms with van der Waals surface area (Å²) >= 11 is 0. The molecule has 1 heterocycles. The summed E-state index contributed by atoms with van der Waals surface area (Å²) in [6, 6.07) is -0.544. The molecule has 0 spiro atoms. The first-order chi connectivity index (χ1) is 4.70. The Morgan fingerprint density at radius 3 is 2.80 bits per heavy atom. The smallest absolute Gasteiger partial charge is 0.287 e. The van der Waals surface area contributed by atoms with Gasteiger partial charge in [-0.05, 0) is 6.92 Å². The summed E-state index contributed by atoms with van der Waals surface area (Å²) in [5.41, 5.74) is 0. The minimum Gasteiger partial charge on any atom is -0.297 e. The van der Waals surface area contributed by atoms with Crippen molar-refractivity contribution < 1.29 is 9.59 Å². The molecule has 10 heavy (non-hydrogen) atoms. The summed E-state index contributed by atoms with van der Waals surface area (Å²) in [6.07, 6.45) is 2.32. The van der Waals surface area contributed by atoms with E-state index >= 15 is 0 Å². The third-order valence-electron chi connectivity index (χ3n) is 1.11. The lowest BCUT2D eigenvalue weighted by Crippen LogP contribution is -2.21. The Morgan fingerprint density at radius 2 is 2.40 bits per heavy atom. The van der Waals surface area contributed by atoms with Gasteiger partial charge in [0.15, 0.2) is 5.78 Å². The topological polar surface area (TPSA) is 58.9 Å². The molecular weight excluding hydrogens is 132 g/mol. The van der Waals surface area contributed by atoms with E-state index in [0.29, 0.717) is 0 Å². The van der Waals surface area contributed by atoms with E-state index < -0.39 is 11.9 Å². The quantitative estimate of drug-likeness (QED) is 0.496. The highest BCUT2D eigenvalue weighted by Gasteiger charge is 2.12. The van der Waals surface area contributed by atoms with E-state index in [1.165, 1.54) is 13.1 Å². The zero-order valence-corrected chi connectivity index (χ0v) is 5.44. The largest absolute Gasteiger partial charge is 0.297 e. The van der Waals surface area contributed by atoms with Crippen molar-refractivity contribution in [3.8, 4) is 0 Å². The fourth-order valence-electron chi connectivity index (χ4n) is 0.570. The van der Waals surface area contributed by atoms with Crippen LogP contribution in [0.15, 0.2) is 9.98 Å². The van der Waals surface area contributed by atoms with Crippen molar-refractivity contribution in [2.24, 2.45) is 9.98 Å². The molecule has 1 atom stereocenters. The summed E-state index contributed by atoms with van der Waals surface area (Å²) in [5, 5.41) is 0. The minimum absolute atomic E-state index is 0.104. The number of amides is 1. The van der Waals surface area contributed by atoms with Crippen LogP contribution in [-0.2, 0) is 9.59 Å². The van der Waals surface area contributed by atoms with Crippen LogP contribution in [0.4, 0.5) is 0 Å². The molecule has 1 aliphatic rings. The number of carbonyl (C=O) groups excluding carboxylic acids is 2. The molecule has 0 aliphatic carbocycles. The highest BCUT2D eigenvalue weighted by atomic mass is 16.1. The SMILES string of the molecule is CC(=O)C1C=NC(=O)C=N1. The van der Waals surface area contributed by atoms with Crippen molar-refractivity contribution >= 4 is 24.1 Å². The van der Waals surface area contributed by atoms with Gasteiger partial charge in [0.25, 0.3) is 5.91 Å². The molecule has 0 aromatic heterocycles. The molecule has 52 valence electrons. The zero-order chi connectivity index (χ0) is 7.56. The molecule has 0 N–H and O–H groups in total. The van der Waals surface area contributed by atoms with Crippen LogP contribution in [0, 0.1) is 0 Å². The number of aliphatic imine (C=N–C) groups is 2. The highest BCUT2D eigenvalue weighted by Crippen LogP contribution is 1.93. The van der Waals surface area contributed by atoms with Crippen molar-refractivity contribution in [3.05, 3.63) is 0 Å². The summed E-state index contributed by atoms with van der Waals surface area (Å²) < 4.78 is 0. The Labute approximate surface area is 57.7 Å². The van der Waals surface area contributed by atoms with Gasteiger partial charge in [-0.1, -0.05) is 0 Å². The molecule has 1 aliphatic heterocycles. The van der Waals surface area contributed by atoms with Crippen molar-refractivity contribution in [2.75, 3.05) is 0 Å². The van der Waals surface area contributed by atoms with E-state index in [0.717, 1.165) is 6.21 Å². The van der Waals surface area contributed by atoms with Crippen molar-refractivity contribution in [2.45, 2.75) is 13.0 Å². The maximum atomic E-state index is 10.6. The Hall–Kier alpha value is -1.32. The van der Waals surface area contributed by atoms with Crippen LogP contribution >= 0.6 is 0 Å². The predicted octanol–water partition coefficient (Wildman–Crippen LogP) is -0.374. The summed E-state index contributed by atoms with van der Waals surface area (Å²) in [6.45, 7) is 1.41. The molecule has 0 saturated carbocycles. The molecule has 4 nitrogen and oxygen atoms in total. The Balaban J connectivity index is 2.71. The second-order valence-electron chi connectivity index (χ2n) is 1.95. The molecule has 4 heteroatoms. The molecule has 0 radical (unpaired) electrons. The molecule has 1 rings (SSSR count). The first-order valence-corrected chi connectivity index (χ1v) is 2.82. The van der Waals surface area contributed by atoms with Crippen LogP contribution < -0.4 is 0 Å². The number of rotatable bonds is 1. The van der Waals surface area contributed by atoms with Gasteiger partial charge in [-0.25, -0.2) is 4.99 Å². The molecule has 1 amide bonds. The van der Waals surface area contributed by atoms with E-state index in [1.807, 2.05) is 0 Å². The van der Waals surface area contributed by atoms with Gasteiger partial charge in [-0.2, -0.15) is 0 Å². The number of Topliss-reactive ketones (excluding diaryl/α,β-unsaturated/α-hetero) is 1. The number of carbonyl (C=O) groups is 2. The second kappa shape index (κ2) is 2.51. The average Bonchev–Trinajstić information content (AvgIpc) is 1.88. The second-order valence-corrected chi connectivity index (χ2v) is 1.95. The van der Waals surface area contributed by atoms with Crippen LogP contribution in [-0.4, -0.2) is 30.2 Å². The molecule has 0 aromatic carbocycles. The molecule has 0 aromatic rings. The van der Waals surface area contributed by atoms with Crippen LogP contribution in [0.25, 0.3) is 0 Å². The summed E-state index contributed by atoms with van der Waals surface area (Å²) in [7, 11) is 0. The first kappa shape index (κ1) is 6.80. The van der Waals surface area contributed by atoms with Crippen molar-refractivity contribution in [3.63, 3.8) is 0 Å². The van der Waals surface area contributed by atoms with E-state index in [-0.39, 0.29) is 5.78 Å². The summed E-state index contributed by atoms with van der Waals surface area (Å²) in [4.78, 5) is 28.0. The Bertz CT molecular complexity index is 214. The van der Waals surface area contributed by atoms with Gasteiger partial charge >= 0.3 is 0 Å². The van der Waals surface area contributed by atoms with Gasteiger partial charge in [-0.15, -0.1) is 0 Å². The van der Waals surface area contributed by atoms with E-state index in [1.54, 1.807) is 0 Å². The van der Waals surface area contributed by atoms with Crippen LogP contribution in [0.5, 0.6) is 0 Å². The molecule has 0 fully saturated rings. The van der Waals surface area contributed by atoms with Gasteiger partial charge in [0.05, 0.1) is 6.21 Å². The lowest BCUT2D eigenvalue weighted by molar-refractivity contribution is -0.116. The van der Waals surface area contributed by atoms with Gasteiger partial charge in [-0.3, -0.25) is 14.6 Å². The monoisotopic (exact) mass is 138 g/mol. The number of ketones is 1. The van der Waals surface area contributed by atoms with Crippen LogP contribution in [0.1, 0.15) is 6.92 Å². The molecule has 0 bridgehead atoms. The van der Waals surface area contributed by atoms with Crippen molar-refractivity contribution in [1.29, 1.82) is 0 Å². The normalized spacial score (nSPS) is 23.3. The lowest BCUT2D eigenvalue weighted by atomic mass is 10.2. The maximum absolute atomic E-state index is 10.6. The number of hydrogen-bond donors (Lipinski definition) is 0. The third-order valence-corrected chi connectivity index (χ3v) is 1.11. The fraction of sp³-hybridized carbons (Fsp3) is 0.333. The molecule has 1 unspecified atom stereocenters. The maximum Gasteiger partial charge on any atom is 0.287 e. The fourth-order valence-corrected chi connectivity index (χ4v) is 0.570. The first-order valence-electron chi connectivity index (χ1n) is 2.82. The lowest BCUT2D eigenvalue weighted by Gasteiger charge is -2.02. The number of nitrogens with zero attached hydrogens (tertiary/aromatic N) is 2. The average molecular weight is 138 g/mol. The van der Waals surface area contributed by atoms with Gasteiger partial charge in [0, 0.05) is 6.21 Å². The van der Waals surface area contributed by atoms with E-state index in [9.17, 15) is 9.59 Å². The van der Waals surface area contributed by atoms with E-state index in [4.69, 9.17) is 0 Å². The Morgan fingerprint density at radius 1 is 1.70 bits per heavy atom. The van der Waals surface area contributed by atoms with Crippen LogP contribution in [0.2, 0.25) is 0 Å². The molecule has 0 saturated heterocycles. The van der Waals surface area contributed by atoms with E-state index in [2.05, 4.69) is 9.98 Å². The minimum atomic E-state index is -0.544. The van der Waals surface area contributed by atoms with Crippen LogP contribution in [0.3, 0.4) is 0 Å². The van der Waals surface area contributed by atoms with Gasteiger partial charge in [0.2, 0.25) is 0 Å². The van der Waals surface area contributed by atoms with Gasteiger partial charge < -0.3 is 0 Å². The predicted molar refractivity (Wildman–Crippen MR) is 36.5 cm³/mol. The Kier molecular flexibility index (Phi) is 1.71. The zero-order valence-electron chi connectivity index (χ0n) is 5.44. The highest BCUT2D eigenvalue weighted by molar-refractivity contribution is 6.30. The molecular formula is C6H6N2O2. The summed E-state index contributed by atoms with van der Waals surface area (Å²) in [5.74, 6) is -0.509. The number of hydrogen-bond acceptors (Lipinski definition) is 3. The standard InChI is InChI=1S/C6H6N2O2/c1-4(9)5-2-8-6(10)3-7-5/h2-3,5H,1H3. The third kappa shape index (κ3) is 1.34. The van der Waals surface area contributed by atoms with Gasteiger partial charge in [0.1, 0.15) is 6.04 Å². The van der Waals surface area contributed by atoms with Crippen molar-refractivity contribution in [1.82, 2.24) is 0 Å².